The zero-order chi connectivity index (χ0) is 35.6. The average Bonchev–Trinajstić information content (AvgIpc) is 3.60. The van der Waals surface area contributed by atoms with E-state index in [1.807, 2.05) is 30.5 Å². The molecule has 3 N–H and O–H groups in total. The Kier molecular flexibility index (Phi) is 12.6. The van der Waals surface area contributed by atoms with Gasteiger partial charge in [0.1, 0.15) is 5.70 Å². The van der Waals surface area contributed by atoms with E-state index < -0.39 is 17.1 Å². The fraction of sp³-hybridized carbons (Fsp3) is 0.135. The van der Waals surface area contributed by atoms with Crippen molar-refractivity contribution in [2.24, 2.45) is 0 Å². The molecule has 0 spiro atoms. The van der Waals surface area contributed by atoms with Crippen LogP contribution in [0.5, 0.6) is 11.5 Å². The van der Waals surface area contributed by atoms with E-state index in [0.717, 1.165) is 10.5 Å². The third kappa shape index (κ3) is 9.25. The van der Waals surface area contributed by atoms with Crippen molar-refractivity contribution in [2.45, 2.75) is 23.5 Å². The van der Waals surface area contributed by atoms with Gasteiger partial charge < -0.3 is 25.4 Å². The maximum absolute atomic E-state index is 13.6. The highest BCUT2D eigenvalue weighted by Gasteiger charge is 2.21. The van der Waals surface area contributed by atoms with E-state index in [0.29, 0.717) is 50.6 Å². The van der Waals surface area contributed by atoms with Crippen molar-refractivity contribution >= 4 is 80.9 Å². The second-order valence-electron chi connectivity index (χ2n) is 10.6. The lowest BCUT2D eigenvalue weighted by atomic mass is 10.1. The fourth-order valence-corrected chi connectivity index (χ4v) is 6.81. The van der Waals surface area contributed by atoms with E-state index in [1.54, 1.807) is 87.0 Å². The standard InChI is InChI=1S/C37H32Cl2N4O5S2/c1-4-32(36(46)43-37-42-29(21-49-37)23-16-17-30(47-2)31(19-23)48-3)50-26-14-9-13-25(20-26)40-35(45)28(18-24-12-8-15-27(38)33(24)39)41-34(44)22-10-6-5-7-11-22/h5-21,32H,4H2,1-3H3,(H,40,45)(H,41,44)(H,42,43,46)/b28-18+. The highest BCUT2D eigenvalue weighted by atomic mass is 35.5. The SMILES string of the molecule is CCC(Sc1cccc(NC(=O)/C(=C\c2cccc(Cl)c2Cl)NC(=O)c2ccccc2)c1)C(=O)Nc1nc(-c2ccc(OC)c(OC)c2)cs1. The number of rotatable bonds is 13. The molecule has 9 nitrogen and oxygen atoms in total. The summed E-state index contributed by atoms with van der Waals surface area (Å²) in [5.41, 5.74) is 2.78. The van der Waals surface area contributed by atoms with E-state index >= 15 is 0 Å². The summed E-state index contributed by atoms with van der Waals surface area (Å²) in [5, 5.41) is 10.9. The zero-order valence-electron chi connectivity index (χ0n) is 27.2. The molecule has 0 aliphatic carbocycles. The van der Waals surface area contributed by atoms with Crippen LogP contribution in [0.1, 0.15) is 29.3 Å². The number of hydrogen-bond donors (Lipinski definition) is 3. The number of thioether (sulfide) groups is 1. The lowest BCUT2D eigenvalue weighted by Crippen LogP contribution is -2.30. The minimum absolute atomic E-state index is 0.0391. The van der Waals surface area contributed by atoms with Crippen molar-refractivity contribution < 1.29 is 23.9 Å². The van der Waals surface area contributed by atoms with Gasteiger partial charge in [0.15, 0.2) is 16.6 Å². The van der Waals surface area contributed by atoms with Crippen molar-refractivity contribution in [3.8, 4) is 22.8 Å². The smallest absolute Gasteiger partial charge is 0.272 e. The van der Waals surface area contributed by atoms with Gasteiger partial charge in [-0.2, -0.15) is 0 Å². The number of anilines is 2. The van der Waals surface area contributed by atoms with Crippen LogP contribution in [0.3, 0.4) is 0 Å². The molecule has 256 valence electrons. The van der Waals surface area contributed by atoms with Gasteiger partial charge in [-0.15, -0.1) is 23.1 Å². The summed E-state index contributed by atoms with van der Waals surface area (Å²) in [7, 11) is 3.14. The van der Waals surface area contributed by atoms with Crippen LogP contribution in [0.2, 0.25) is 10.0 Å². The Labute approximate surface area is 308 Å². The van der Waals surface area contributed by atoms with Gasteiger partial charge in [0.25, 0.3) is 11.8 Å². The quantitative estimate of drug-likeness (QED) is 0.0813. The van der Waals surface area contributed by atoms with Gasteiger partial charge in [0.05, 0.1) is 35.2 Å². The molecule has 1 atom stereocenters. The highest BCUT2D eigenvalue weighted by molar-refractivity contribution is 8.00. The zero-order valence-corrected chi connectivity index (χ0v) is 30.3. The summed E-state index contributed by atoms with van der Waals surface area (Å²) in [6.07, 6.45) is 2.01. The monoisotopic (exact) mass is 746 g/mol. The van der Waals surface area contributed by atoms with Crippen molar-refractivity contribution in [2.75, 3.05) is 24.9 Å². The van der Waals surface area contributed by atoms with Crippen molar-refractivity contribution in [3.63, 3.8) is 0 Å². The number of thiazole rings is 1. The number of nitrogens with zero attached hydrogens (tertiary/aromatic N) is 1. The van der Waals surface area contributed by atoms with E-state index in [4.69, 9.17) is 32.7 Å². The molecule has 0 aliphatic rings. The van der Waals surface area contributed by atoms with Crippen LogP contribution in [-0.4, -0.2) is 42.2 Å². The molecule has 50 heavy (non-hydrogen) atoms. The summed E-state index contributed by atoms with van der Waals surface area (Å²) in [5.74, 6) is -0.0548. The highest BCUT2D eigenvalue weighted by Crippen LogP contribution is 2.34. The molecule has 0 bridgehead atoms. The van der Waals surface area contributed by atoms with Crippen LogP contribution >= 0.6 is 46.3 Å². The Hall–Kier alpha value is -4.81. The first-order valence-corrected chi connectivity index (χ1v) is 17.8. The molecule has 5 aromatic rings. The molecule has 0 saturated heterocycles. The van der Waals surface area contributed by atoms with Gasteiger partial charge in [-0.3, -0.25) is 14.4 Å². The molecule has 0 fully saturated rings. The van der Waals surface area contributed by atoms with Crippen LogP contribution in [0.4, 0.5) is 10.8 Å². The molecule has 4 aromatic carbocycles. The predicted molar refractivity (Wildman–Crippen MR) is 203 cm³/mol. The Morgan fingerprint density at radius 1 is 0.900 bits per heavy atom. The molecular formula is C37H32Cl2N4O5S2. The van der Waals surface area contributed by atoms with Gasteiger partial charge >= 0.3 is 0 Å². The number of nitrogens with one attached hydrogen (secondary N) is 3. The minimum atomic E-state index is -0.577. The third-order valence-corrected chi connectivity index (χ3v) is 10.2. The largest absolute Gasteiger partial charge is 0.493 e. The molecular weight excluding hydrogens is 715 g/mol. The molecule has 3 amide bonds. The van der Waals surface area contributed by atoms with Crippen molar-refractivity contribution in [1.29, 1.82) is 0 Å². The molecule has 5 rings (SSSR count). The Balaban J connectivity index is 1.28. The number of ether oxygens (including phenoxy) is 2. The molecule has 13 heteroatoms. The Morgan fingerprint density at radius 2 is 1.66 bits per heavy atom. The first-order chi connectivity index (χ1) is 24.2. The molecule has 1 unspecified atom stereocenters. The number of hydrogen-bond acceptors (Lipinski definition) is 8. The maximum atomic E-state index is 13.6. The molecule has 0 aliphatic heterocycles. The summed E-state index contributed by atoms with van der Waals surface area (Å²) in [4.78, 5) is 45.3. The molecule has 0 saturated carbocycles. The number of methoxy groups -OCH3 is 2. The van der Waals surface area contributed by atoms with Crippen LogP contribution in [0.15, 0.2) is 107 Å². The number of carbonyl (C=O) groups excluding carboxylic acids is 3. The third-order valence-electron chi connectivity index (χ3n) is 7.26. The maximum Gasteiger partial charge on any atom is 0.272 e. The van der Waals surface area contributed by atoms with Crippen LogP contribution < -0.4 is 25.4 Å². The molecule has 1 heterocycles. The minimum Gasteiger partial charge on any atom is -0.493 e. The first kappa shape index (κ1) is 36.5. The molecule has 1 aromatic heterocycles. The topological polar surface area (TPSA) is 119 Å². The van der Waals surface area contributed by atoms with Crippen molar-refractivity contribution in [1.82, 2.24) is 10.3 Å². The number of benzene rings is 4. The van der Waals surface area contributed by atoms with Gasteiger partial charge in [-0.05, 0) is 72.7 Å². The predicted octanol–water partition coefficient (Wildman–Crippen LogP) is 9.05. The van der Waals surface area contributed by atoms with Crippen molar-refractivity contribution in [3.05, 3.63) is 123 Å². The van der Waals surface area contributed by atoms with Gasteiger partial charge in [0, 0.05) is 27.1 Å². The summed E-state index contributed by atoms with van der Waals surface area (Å²) >= 11 is 15.3. The second kappa shape index (κ2) is 17.2. The lowest BCUT2D eigenvalue weighted by molar-refractivity contribution is -0.116. The summed E-state index contributed by atoms with van der Waals surface area (Å²) < 4.78 is 10.7. The average molecular weight is 748 g/mol. The lowest BCUT2D eigenvalue weighted by Gasteiger charge is -2.15. The number of halogens is 2. The Morgan fingerprint density at radius 3 is 2.40 bits per heavy atom. The van der Waals surface area contributed by atoms with E-state index in [-0.39, 0.29) is 16.6 Å². The van der Waals surface area contributed by atoms with Crippen LogP contribution in [-0.2, 0) is 9.59 Å². The van der Waals surface area contributed by atoms with Gasteiger partial charge in [0.2, 0.25) is 5.91 Å². The van der Waals surface area contributed by atoms with E-state index in [9.17, 15) is 14.4 Å². The second-order valence-corrected chi connectivity index (χ2v) is 13.5. The first-order valence-electron chi connectivity index (χ1n) is 15.3. The number of aromatic nitrogens is 1. The van der Waals surface area contributed by atoms with Gasteiger partial charge in [-0.1, -0.05) is 66.5 Å². The fourth-order valence-electron chi connectivity index (χ4n) is 4.71. The van der Waals surface area contributed by atoms with E-state index in [2.05, 4.69) is 20.9 Å². The number of amides is 3. The molecule has 0 radical (unpaired) electrons. The summed E-state index contributed by atoms with van der Waals surface area (Å²) in [6.45, 7) is 1.92. The van der Waals surface area contributed by atoms with Crippen LogP contribution in [0, 0.1) is 0 Å². The summed E-state index contributed by atoms with van der Waals surface area (Å²) in [6, 6.07) is 26.2. The Bertz CT molecular complexity index is 2040. The normalized spacial score (nSPS) is 11.7. The number of carbonyl (C=O) groups is 3. The van der Waals surface area contributed by atoms with Gasteiger partial charge in [-0.25, -0.2) is 4.98 Å². The van der Waals surface area contributed by atoms with E-state index in [1.165, 1.54) is 29.2 Å². The van der Waals surface area contributed by atoms with Crippen LogP contribution in [0.25, 0.3) is 17.3 Å².